The number of sulfone groups is 1. The highest BCUT2D eigenvalue weighted by Gasteiger charge is 2.64. The Kier molecular flexibility index (Phi) is 3.87. The lowest BCUT2D eigenvalue weighted by atomic mass is 9.78. The molecular formula is C15H19NO4S. The van der Waals surface area contributed by atoms with E-state index in [0.717, 1.165) is 5.56 Å². The molecule has 0 heterocycles. The van der Waals surface area contributed by atoms with Crippen LogP contribution in [0.1, 0.15) is 24.0 Å². The molecule has 5 nitrogen and oxygen atoms in total. The molecule has 1 aliphatic rings. The molecule has 1 aromatic rings. The van der Waals surface area contributed by atoms with Crippen molar-refractivity contribution in [3.05, 3.63) is 29.3 Å². The molecule has 1 saturated carbocycles. The summed E-state index contributed by atoms with van der Waals surface area (Å²) in [6, 6.07) is 7.20. The average molecular weight is 309 g/mol. The van der Waals surface area contributed by atoms with Crippen molar-refractivity contribution in [3.8, 4) is 6.07 Å². The monoisotopic (exact) mass is 309 g/mol. The third-order valence-corrected chi connectivity index (χ3v) is 6.63. The molecule has 1 aliphatic carbocycles. The number of aryl methyl sites for hydroxylation is 2. The smallest absolute Gasteiger partial charge is 0.198 e. The van der Waals surface area contributed by atoms with Gasteiger partial charge in [0.2, 0.25) is 0 Å². The van der Waals surface area contributed by atoms with E-state index in [1.807, 2.05) is 19.1 Å². The minimum atomic E-state index is -3.78. The molecule has 1 fully saturated rings. The highest BCUT2D eigenvalue weighted by Crippen LogP contribution is 2.51. The second-order valence-electron chi connectivity index (χ2n) is 5.55. The summed E-state index contributed by atoms with van der Waals surface area (Å²) in [4.78, 5) is 0.213. The summed E-state index contributed by atoms with van der Waals surface area (Å²) in [6.45, 7) is 3.56. The fraction of sp³-hybridized carbons (Fsp3) is 0.533. The summed E-state index contributed by atoms with van der Waals surface area (Å²) in [6.07, 6.45) is 0.0262. The van der Waals surface area contributed by atoms with Crippen LogP contribution in [-0.2, 0) is 19.3 Å². The number of hydrogen-bond acceptors (Lipinski definition) is 5. The molecule has 0 atom stereocenters. The number of nitriles is 1. The number of methoxy groups -OCH3 is 2. The van der Waals surface area contributed by atoms with Crippen molar-refractivity contribution in [2.45, 2.75) is 42.1 Å². The summed E-state index contributed by atoms with van der Waals surface area (Å²) in [7, 11) is -0.872. The predicted octanol–water partition coefficient (Wildman–Crippen LogP) is 2.12. The van der Waals surface area contributed by atoms with Crippen molar-refractivity contribution < 1.29 is 17.9 Å². The Hall–Kier alpha value is -1.42. The quantitative estimate of drug-likeness (QED) is 0.796. The maximum atomic E-state index is 12.9. The fourth-order valence-corrected chi connectivity index (χ4v) is 4.92. The van der Waals surface area contributed by atoms with Gasteiger partial charge in [-0.05, 0) is 31.0 Å². The molecule has 0 unspecified atom stereocenters. The first-order valence-electron chi connectivity index (χ1n) is 6.59. The minimum Gasteiger partial charge on any atom is -0.353 e. The number of hydrogen-bond donors (Lipinski definition) is 0. The van der Waals surface area contributed by atoms with Crippen molar-refractivity contribution in [1.29, 1.82) is 5.26 Å². The Morgan fingerprint density at radius 2 is 1.76 bits per heavy atom. The molecule has 0 radical (unpaired) electrons. The van der Waals surface area contributed by atoms with E-state index in [9.17, 15) is 13.7 Å². The lowest BCUT2D eigenvalue weighted by molar-refractivity contribution is -0.256. The van der Waals surface area contributed by atoms with Crippen LogP contribution < -0.4 is 0 Å². The Labute approximate surface area is 125 Å². The highest BCUT2D eigenvalue weighted by atomic mass is 32.2. The van der Waals surface area contributed by atoms with E-state index in [-0.39, 0.29) is 17.7 Å². The molecule has 114 valence electrons. The molecule has 0 aromatic heterocycles. The molecule has 6 heteroatoms. The molecule has 0 amide bonds. The molecule has 21 heavy (non-hydrogen) atoms. The number of nitrogens with zero attached hydrogens (tertiary/aromatic N) is 1. The standard InChI is InChI=1S/C15H19NO4S/c1-11-5-6-12(2)13(7-11)21(17,18)14(10-16)8-15(9-14,19-3)20-4/h5-7H,8-9H2,1-4H3. The lowest BCUT2D eigenvalue weighted by Gasteiger charge is -2.49. The molecule has 1 aromatic carbocycles. The minimum absolute atomic E-state index is 0.0131. The van der Waals surface area contributed by atoms with E-state index in [4.69, 9.17) is 9.47 Å². The molecule has 0 saturated heterocycles. The summed E-state index contributed by atoms with van der Waals surface area (Å²) < 4.78 is 34.8. The van der Waals surface area contributed by atoms with Crippen LogP contribution in [0, 0.1) is 25.2 Å². The van der Waals surface area contributed by atoms with Crippen LogP contribution in [0.25, 0.3) is 0 Å². The Balaban J connectivity index is 2.49. The third kappa shape index (κ3) is 2.26. The summed E-state index contributed by atoms with van der Waals surface area (Å²) >= 11 is 0. The van der Waals surface area contributed by atoms with Gasteiger partial charge in [-0.15, -0.1) is 0 Å². The van der Waals surface area contributed by atoms with Crippen LogP contribution >= 0.6 is 0 Å². The van der Waals surface area contributed by atoms with Gasteiger partial charge in [-0.3, -0.25) is 0 Å². The first-order valence-corrected chi connectivity index (χ1v) is 8.08. The highest BCUT2D eigenvalue weighted by molar-refractivity contribution is 7.93. The van der Waals surface area contributed by atoms with Gasteiger partial charge in [0, 0.05) is 27.1 Å². The SMILES string of the molecule is COC1(OC)CC(C#N)(S(=O)(=O)c2cc(C)ccc2C)C1. The van der Waals surface area contributed by atoms with Crippen LogP contribution in [0.5, 0.6) is 0 Å². The Morgan fingerprint density at radius 3 is 2.24 bits per heavy atom. The summed E-state index contributed by atoms with van der Waals surface area (Å²) in [5, 5.41) is 9.48. The van der Waals surface area contributed by atoms with Crippen molar-refractivity contribution >= 4 is 9.84 Å². The zero-order valence-electron chi connectivity index (χ0n) is 12.6. The molecule has 0 aliphatic heterocycles. The van der Waals surface area contributed by atoms with Crippen LogP contribution in [0.2, 0.25) is 0 Å². The maximum Gasteiger partial charge on any atom is 0.198 e. The van der Waals surface area contributed by atoms with E-state index in [2.05, 4.69) is 0 Å². The van der Waals surface area contributed by atoms with Crippen molar-refractivity contribution in [2.75, 3.05) is 14.2 Å². The van der Waals surface area contributed by atoms with E-state index in [0.29, 0.717) is 5.56 Å². The van der Waals surface area contributed by atoms with Gasteiger partial charge in [0.25, 0.3) is 0 Å². The average Bonchev–Trinajstić information content (AvgIpc) is 2.42. The first-order chi connectivity index (χ1) is 9.76. The number of rotatable bonds is 4. The van der Waals surface area contributed by atoms with E-state index in [1.165, 1.54) is 14.2 Å². The van der Waals surface area contributed by atoms with E-state index in [1.54, 1.807) is 19.1 Å². The van der Waals surface area contributed by atoms with Gasteiger partial charge < -0.3 is 9.47 Å². The van der Waals surface area contributed by atoms with Crippen molar-refractivity contribution in [1.82, 2.24) is 0 Å². The molecule has 0 spiro atoms. The maximum absolute atomic E-state index is 12.9. The van der Waals surface area contributed by atoms with E-state index < -0.39 is 20.4 Å². The van der Waals surface area contributed by atoms with Crippen LogP contribution in [0.4, 0.5) is 0 Å². The predicted molar refractivity (Wildman–Crippen MR) is 77.4 cm³/mol. The Morgan fingerprint density at radius 1 is 1.19 bits per heavy atom. The molecular weight excluding hydrogens is 290 g/mol. The number of ether oxygens (including phenoxy) is 2. The first kappa shape index (κ1) is 16.0. The fourth-order valence-electron chi connectivity index (χ4n) is 2.73. The van der Waals surface area contributed by atoms with Crippen LogP contribution in [0.3, 0.4) is 0 Å². The van der Waals surface area contributed by atoms with Gasteiger partial charge in [-0.25, -0.2) is 8.42 Å². The van der Waals surface area contributed by atoms with Crippen molar-refractivity contribution in [3.63, 3.8) is 0 Å². The van der Waals surface area contributed by atoms with Crippen LogP contribution in [0.15, 0.2) is 23.1 Å². The van der Waals surface area contributed by atoms with Gasteiger partial charge in [0.15, 0.2) is 20.4 Å². The molecule has 2 rings (SSSR count). The van der Waals surface area contributed by atoms with Gasteiger partial charge >= 0.3 is 0 Å². The number of benzene rings is 1. The third-order valence-electron chi connectivity index (χ3n) is 4.21. The summed E-state index contributed by atoms with van der Waals surface area (Å²) in [5.41, 5.74) is 1.49. The van der Waals surface area contributed by atoms with Gasteiger partial charge in [0.1, 0.15) is 0 Å². The topological polar surface area (TPSA) is 76.4 Å². The van der Waals surface area contributed by atoms with E-state index >= 15 is 0 Å². The van der Waals surface area contributed by atoms with Gasteiger partial charge in [-0.2, -0.15) is 5.26 Å². The van der Waals surface area contributed by atoms with Gasteiger partial charge in [0.05, 0.1) is 11.0 Å². The second kappa shape index (κ2) is 5.09. The van der Waals surface area contributed by atoms with Gasteiger partial charge in [-0.1, -0.05) is 12.1 Å². The Bertz CT molecular complexity index is 691. The normalized spacial score (nSPS) is 19.6. The van der Waals surface area contributed by atoms with Crippen molar-refractivity contribution in [2.24, 2.45) is 0 Å². The zero-order chi connectivity index (χ0) is 15.9. The summed E-state index contributed by atoms with van der Waals surface area (Å²) in [5.74, 6) is -0.986. The molecule has 0 N–H and O–H groups in total. The second-order valence-corrected chi connectivity index (χ2v) is 7.78. The largest absolute Gasteiger partial charge is 0.353 e. The molecule has 0 bridgehead atoms. The van der Waals surface area contributed by atoms with Crippen LogP contribution in [-0.4, -0.2) is 33.2 Å². The lowest BCUT2D eigenvalue weighted by Crippen LogP contribution is -2.61. The zero-order valence-corrected chi connectivity index (χ0v) is 13.5.